The van der Waals surface area contributed by atoms with Crippen molar-refractivity contribution in [1.82, 2.24) is 15.5 Å². The lowest BCUT2D eigenvalue weighted by Gasteiger charge is -2.37. The van der Waals surface area contributed by atoms with E-state index >= 15 is 0 Å². The van der Waals surface area contributed by atoms with E-state index in [9.17, 15) is 14.4 Å². The second-order valence-electron chi connectivity index (χ2n) is 8.61. The zero-order valence-electron chi connectivity index (χ0n) is 18.6. The number of ether oxygens (including phenoxy) is 1. The number of anilines is 1. The summed E-state index contributed by atoms with van der Waals surface area (Å²) < 4.78 is 5.47. The van der Waals surface area contributed by atoms with E-state index in [2.05, 4.69) is 16.0 Å². The van der Waals surface area contributed by atoms with Crippen LogP contribution in [0.3, 0.4) is 0 Å². The standard InChI is InChI=1S/C24H25ClN4O4S/c1-33-21-5-3-14(25)9-16(21)13-2-4-18-17(8-13)24(32)29-7-6-15(10-20(29)23(31)28-18)27-22(30)19-11-34-12-26-19/h2-5,8-9,15,19-20,26H,6-7,10-12H2,1H3,(H,27,30)(H,28,31)/t15-,19-,20-/m0/s1. The number of carbonyl (C=O) groups excluding carboxylic acids is 3. The molecule has 0 saturated carbocycles. The van der Waals surface area contributed by atoms with Crippen molar-refractivity contribution in [1.29, 1.82) is 0 Å². The Hall–Kier alpha value is -2.75. The topological polar surface area (TPSA) is 99.8 Å². The smallest absolute Gasteiger partial charge is 0.256 e. The molecule has 10 heteroatoms. The van der Waals surface area contributed by atoms with E-state index in [4.69, 9.17) is 16.3 Å². The number of piperidine rings is 1. The van der Waals surface area contributed by atoms with Gasteiger partial charge in [-0.05, 0) is 48.7 Å². The third-order valence-electron chi connectivity index (χ3n) is 6.53. The van der Waals surface area contributed by atoms with Gasteiger partial charge in [-0.25, -0.2) is 0 Å². The van der Waals surface area contributed by atoms with Crippen molar-refractivity contribution < 1.29 is 19.1 Å². The molecule has 2 saturated heterocycles. The molecule has 0 aromatic heterocycles. The zero-order chi connectivity index (χ0) is 23.8. The van der Waals surface area contributed by atoms with Crippen LogP contribution >= 0.6 is 23.4 Å². The van der Waals surface area contributed by atoms with Crippen LogP contribution in [0.5, 0.6) is 5.75 Å². The average molecular weight is 501 g/mol. The van der Waals surface area contributed by atoms with Crippen LogP contribution in [0.25, 0.3) is 11.1 Å². The third-order valence-corrected chi connectivity index (χ3v) is 7.70. The Morgan fingerprint density at radius 1 is 1.21 bits per heavy atom. The van der Waals surface area contributed by atoms with Gasteiger partial charge in [-0.2, -0.15) is 0 Å². The van der Waals surface area contributed by atoms with E-state index in [1.165, 1.54) is 0 Å². The molecule has 0 unspecified atom stereocenters. The van der Waals surface area contributed by atoms with Crippen LogP contribution in [-0.2, 0) is 9.59 Å². The lowest BCUT2D eigenvalue weighted by atomic mass is 9.95. The van der Waals surface area contributed by atoms with Crippen LogP contribution in [0.15, 0.2) is 36.4 Å². The summed E-state index contributed by atoms with van der Waals surface area (Å²) in [5.41, 5.74) is 2.42. The van der Waals surface area contributed by atoms with E-state index in [-0.39, 0.29) is 29.8 Å². The lowest BCUT2D eigenvalue weighted by molar-refractivity contribution is -0.125. The SMILES string of the molecule is COc1ccc(Cl)cc1-c1ccc2c(c1)C(=O)N1CC[C@H](NC(=O)[C@@H]3CSCN3)C[C@H]1C(=O)N2. The summed E-state index contributed by atoms with van der Waals surface area (Å²) in [7, 11) is 1.58. The Bertz CT molecular complexity index is 1150. The predicted molar refractivity (Wildman–Crippen MR) is 132 cm³/mol. The number of thioether (sulfide) groups is 1. The largest absolute Gasteiger partial charge is 0.496 e. The molecular formula is C24H25ClN4O4S. The molecular weight excluding hydrogens is 476 g/mol. The molecule has 2 aromatic carbocycles. The van der Waals surface area contributed by atoms with E-state index < -0.39 is 6.04 Å². The number of fused-ring (bicyclic) bond motifs is 2. The molecule has 0 spiro atoms. The van der Waals surface area contributed by atoms with Gasteiger partial charge in [-0.1, -0.05) is 17.7 Å². The number of nitrogens with one attached hydrogen (secondary N) is 3. The third kappa shape index (κ3) is 4.35. The minimum atomic E-state index is -0.644. The Balaban J connectivity index is 1.39. The number of amides is 3. The van der Waals surface area contributed by atoms with Gasteiger partial charge in [-0.3, -0.25) is 19.7 Å². The number of methoxy groups -OCH3 is 1. The molecule has 3 aliphatic rings. The normalized spacial score (nSPS) is 24.1. The highest BCUT2D eigenvalue weighted by molar-refractivity contribution is 7.99. The van der Waals surface area contributed by atoms with Crippen molar-refractivity contribution in [3.05, 3.63) is 47.0 Å². The van der Waals surface area contributed by atoms with Crippen molar-refractivity contribution in [3.8, 4) is 16.9 Å². The maximum atomic E-state index is 13.5. The Kier molecular flexibility index (Phi) is 6.42. The second-order valence-corrected chi connectivity index (χ2v) is 10.1. The molecule has 178 valence electrons. The monoisotopic (exact) mass is 500 g/mol. The fourth-order valence-corrected chi connectivity index (χ4v) is 5.84. The highest BCUT2D eigenvalue weighted by Gasteiger charge is 2.40. The summed E-state index contributed by atoms with van der Waals surface area (Å²) in [6.07, 6.45) is 0.977. The quantitative estimate of drug-likeness (QED) is 0.597. The van der Waals surface area contributed by atoms with E-state index in [0.29, 0.717) is 41.4 Å². The molecule has 34 heavy (non-hydrogen) atoms. The first-order valence-electron chi connectivity index (χ1n) is 11.2. The van der Waals surface area contributed by atoms with Gasteiger partial charge in [0.15, 0.2) is 0 Å². The predicted octanol–water partition coefficient (Wildman–Crippen LogP) is 2.72. The van der Waals surface area contributed by atoms with Crippen LogP contribution in [0.2, 0.25) is 5.02 Å². The Labute approximate surface area is 206 Å². The molecule has 3 heterocycles. The molecule has 3 N–H and O–H groups in total. The molecule has 0 aliphatic carbocycles. The van der Waals surface area contributed by atoms with Crippen LogP contribution in [0, 0.1) is 0 Å². The average Bonchev–Trinajstić information content (AvgIpc) is 3.36. The fraction of sp³-hybridized carbons (Fsp3) is 0.375. The Morgan fingerprint density at radius 3 is 2.82 bits per heavy atom. The van der Waals surface area contributed by atoms with Crippen LogP contribution in [0.4, 0.5) is 5.69 Å². The van der Waals surface area contributed by atoms with Gasteiger partial charge in [0.25, 0.3) is 5.91 Å². The van der Waals surface area contributed by atoms with Gasteiger partial charge < -0.3 is 20.3 Å². The first-order chi connectivity index (χ1) is 16.4. The summed E-state index contributed by atoms with van der Waals surface area (Å²) >= 11 is 7.89. The second kappa shape index (κ2) is 9.48. The van der Waals surface area contributed by atoms with Gasteiger partial charge in [-0.15, -0.1) is 11.8 Å². The molecule has 2 fully saturated rings. The van der Waals surface area contributed by atoms with Gasteiger partial charge in [0, 0.05) is 34.8 Å². The number of carbonyl (C=O) groups is 3. The highest BCUT2D eigenvalue weighted by atomic mass is 35.5. The molecule has 5 rings (SSSR count). The lowest BCUT2D eigenvalue weighted by Crippen LogP contribution is -2.56. The molecule has 0 bridgehead atoms. The number of benzene rings is 2. The number of nitrogens with zero attached hydrogens (tertiary/aromatic N) is 1. The molecule has 3 amide bonds. The van der Waals surface area contributed by atoms with E-state index in [1.807, 2.05) is 6.07 Å². The molecule has 8 nitrogen and oxygen atoms in total. The summed E-state index contributed by atoms with van der Waals surface area (Å²) in [6.45, 7) is 0.388. The van der Waals surface area contributed by atoms with Gasteiger partial charge in [0.1, 0.15) is 11.8 Å². The molecule has 3 atom stereocenters. The Morgan fingerprint density at radius 2 is 2.06 bits per heavy atom. The summed E-state index contributed by atoms with van der Waals surface area (Å²) in [4.78, 5) is 40.8. The van der Waals surface area contributed by atoms with E-state index in [1.54, 1.807) is 54.1 Å². The zero-order valence-corrected chi connectivity index (χ0v) is 20.2. The number of hydrogen-bond donors (Lipinski definition) is 3. The fourth-order valence-electron chi connectivity index (χ4n) is 4.73. The number of rotatable bonds is 4. The van der Waals surface area contributed by atoms with Crippen molar-refractivity contribution in [2.75, 3.05) is 30.6 Å². The van der Waals surface area contributed by atoms with Crippen LogP contribution in [-0.4, -0.2) is 66.0 Å². The first-order valence-corrected chi connectivity index (χ1v) is 12.7. The first kappa shape index (κ1) is 23.0. The number of hydrogen-bond acceptors (Lipinski definition) is 6. The number of halogens is 1. The van der Waals surface area contributed by atoms with Gasteiger partial charge in [0.2, 0.25) is 11.8 Å². The minimum absolute atomic E-state index is 0.0489. The molecule has 0 radical (unpaired) electrons. The van der Waals surface area contributed by atoms with Gasteiger partial charge >= 0.3 is 0 Å². The minimum Gasteiger partial charge on any atom is -0.496 e. The van der Waals surface area contributed by atoms with Crippen molar-refractivity contribution in [3.63, 3.8) is 0 Å². The van der Waals surface area contributed by atoms with Gasteiger partial charge in [0.05, 0.1) is 24.4 Å². The summed E-state index contributed by atoms with van der Waals surface area (Å²) in [5, 5.41) is 9.69. The molecule has 3 aliphatic heterocycles. The van der Waals surface area contributed by atoms with Crippen LogP contribution < -0.4 is 20.7 Å². The summed E-state index contributed by atoms with van der Waals surface area (Å²) in [5.74, 6) is 1.64. The van der Waals surface area contributed by atoms with Crippen LogP contribution in [0.1, 0.15) is 23.2 Å². The maximum absolute atomic E-state index is 13.5. The van der Waals surface area contributed by atoms with E-state index in [0.717, 1.165) is 22.8 Å². The van der Waals surface area contributed by atoms with Crippen molar-refractivity contribution in [2.24, 2.45) is 0 Å². The van der Waals surface area contributed by atoms with Crippen molar-refractivity contribution >= 4 is 46.8 Å². The maximum Gasteiger partial charge on any atom is 0.256 e. The van der Waals surface area contributed by atoms with Crippen molar-refractivity contribution in [2.45, 2.75) is 31.0 Å². The molecule has 2 aromatic rings. The highest BCUT2D eigenvalue weighted by Crippen LogP contribution is 2.36. The summed E-state index contributed by atoms with van der Waals surface area (Å²) in [6, 6.07) is 9.64.